The fourth-order valence-electron chi connectivity index (χ4n) is 5.73. The number of amidine groups is 2. The molecule has 0 bridgehead atoms. The molecule has 0 saturated heterocycles. The molecule has 2 aliphatic heterocycles. The molecular formula is C35H33N7O. The highest BCUT2D eigenvalue weighted by atomic mass is 16.5. The Balaban J connectivity index is 1.46. The highest BCUT2D eigenvalue weighted by molar-refractivity contribution is 6.51. The molecule has 2 aliphatic rings. The molecule has 43 heavy (non-hydrogen) atoms. The van der Waals surface area contributed by atoms with Crippen molar-refractivity contribution in [2.24, 2.45) is 9.98 Å². The summed E-state index contributed by atoms with van der Waals surface area (Å²) >= 11 is 0. The first-order valence-corrected chi connectivity index (χ1v) is 14.4. The zero-order valence-corrected chi connectivity index (χ0v) is 24.9. The van der Waals surface area contributed by atoms with Crippen molar-refractivity contribution in [2.45, 2.75) is 39.2 Å². The van der Waals surface area contributed by atoms with Gasteiger partial charge in [0.1, 0.15) is 5.75 Å². The molecule has 1 N–H and O–H groups in total. The predicted molar refractivity (Wildman–Crippen MR) is 173 cm³/mol. The second-order valence-electron chi connectivity index (χ2n) is 11.8. The fourth-order valence-corrected chi connectivity index (χ4v) is 5.73. The van der Waals surface area contributed by atoms with Crippen LogP contribution in [0.5, 0.6) is 5.75 Å². The normalized spacial score (nSPS) is 15.6. The average Bonchev–Trinajstić information content (AvgIpc) is 3.36. The van der Waals surface area contributed by atoms with E-state index in [1.165, 1.54) is 5.56 Å². The second-order valence-corrected chi connectivity index (χ2v) is 11.8. The molecule has 0 aliphatic carbocycles. The highest BCUT2D eigenvalue weighted by Crippen LogP contribution is 2.48. The van der Waals surface area contributed by atoms with Crippen molar-refractivity contribution in [3.8, 4) is 11.6 Å². The maximum Gasteiger partial charge on any atom is 0.179 e. The summed E-state index contributed by atoms with van der Waals surface area (Å²) in [7, 11) is 1.66. The highest BCUT2D eigenvalue weighted by Gasteiger charge is 2.41. The van der Waals surface area contributed by atoms with Gasteiger partial charge in [-0.2, -0.15) is 9.78 Å². The third kappa shape index (κ3) is 4.65. The molecule has 5 aromatic rings. The molecule has 4 heterocycles. The van der Waals surface area contributed by atoms with Gasteiger partial charge in [0.25, 0.3) is 0 Å². The number of benzene rings is 3. The molecule has 214 valence electrons. The zero-order valence-electron chi connectivity index (χ0n) is 24.9. The molecule has 0 radical (unpaired) electrons. The largest absolute Gasteiger partial charge is 0.497 e. The number of hydrogen-bond donors (Lipinski definition) is 1. The van der Waals surface area contributed by atoms with Crippen LogP contribution in [0.4, 0.5) is 22.9 Å². The maximum atomic E-state index is 5.37. The number of para-hydroxylation sites is 2. The van der Waals surface area contributed by atoms with Crippen molar-refractivity contribution in [2.75, 3.05) is 17.3 Å². The van der Waals surface area contributed by atoms with E-state index in [-0.39, 0.29) is 11.5 Å². The first-order chi connectivity index (χ1) is 20.8. The molecule has 7 rings (SSSR count). The van der Waals surface area contributed by atoms with Crippen molar-refractivity contribution in [3.05, 3.63) is 120 Å². The molecule has 0 amide bonds. The number of hydrogen-bond acceptors (Lipinski definition) is 7. The Bertz CT molecular complexity index is 1860. The summed E-state index contributed by atoms with van der Waals surface area (Å²) in [4.78, 5) is 17.3. The third-order valence-electron chi connectivity index (χ3n) is 7.95. The Morgan fingerprint density at radius 3 is 2.28 bits per heavy atom. The zero-order chi connectivity index (χ0) is 29.7. The Morgan fingerprint density at radius 2 is 1.58 bits per heavy atom. The number of rotatable bonds is 4. The predicted octanol–water partition coefficient (Wildman–Crippen LogP) is 7.68. The number of nitrogens with zero attached hydrogens (tertiary/aromatic N) is 6. The lowest BCUT2D eigenvalue weighted by Gasteiger charge is -2.40. The molecule has 8 nitrogen and oxygen atoms in total. The molecule has 8 heteroatoms. The SMILES string of the molecule is COc1ccc(NC2=Nc3ccccc3N3C2=Nc2c(c(C)nn2-c2ccccn2)C3c2ccc(C(C)(C)C)cc2)cc1. The monoisotopic (exact) mass is 567 g/mol. The van der Waals surface area contributed by atoms with Gasteiger partial charge in [-0.1, -0.05) is 63.2 Å². The summed E-state index contributed by atoms with van der Waals surface area (Å²) in [5.41, 5.74) is 7.15. The summed E-state index contributed by atoms with van der Waals surface area (Å²) in [6.45, 7) is 8.76. The minimum absolute atomic E-state index is 0.0441. The van der Waals surface area contributed by atoms with E-state index in [9.17, 15) is 0 Å². The number of nitrogens with one attached hydrogen (secondary N) is 1. The molecule has 0 spiro atoms. The van der Waals surface area contributed by atoms with E-state index in [1.54, 1.807) is 13.3 Å². The molecule has 1 atom stereocenters. The summed E-state index contributed by atoms with van der Waals surface area (Å²) in [6, 6.07) is 30.6. The fraction of sp³-hybridized carbons (Fsp3) is 0.200. The van der Waals surface area contributed by atoms with Crippen LogP contribution in [0, 0.1) is 6.92 Å². The number of ether oxygens (including phenoxy) is 1. The van der Waals surface area contributed by atoms with Gasteiger partial charge in [0.05, 0.1) is 30.2 Å². The first kappa shape index (κ1) is 26.6. The average molecular weight is 568 g/mol. The lowest BCUT2D eigenvalue weighted by Crippen LogP contribution is -2.46. The van der Waals surface area contributed by atoms with Crippen molar-refractivity contribution < 1.29 is 4.74 Å². The van der Waals surface area contributed by atoms with Gasteiger partial charge in [-0.05, 0) is 72.0 Å². The van der Waals surface area contributed by atoms with Gasteiger partial charge in [-0.3, -0.25) is 0 Å². The van der Waals surface area contributed by atoms with Crippen LogP contribution in [0.25, 0.3) is 5.82 Å². The van der Waals surface area contributed by atoms with E-state index in [1.807, 2.05) is 65.3 Å². The Kier molecular flexibility index (Phi) is 6.34. The number of aromatic nitrogens is 3. The van der Waals surface area contributed by atoms with Crippen molar-refractivity contribution in [1.82, 2.24) is 14.8 Å². The smallest absolute Gasteiger partial charge is 0.179 e. The van der Waals surface area contributed by atoms with Crippen LogP contribution in [0.2, 0.25) is 0 Å². The van der Waals surface area contributed by atoms with Crippen LogP contribution in [0.3, 0.4) is 0 Å². The minimum atomic E-state index is -0.196. The van der Waals surface area contributed by atoms with Gasteiger partial charge in [0.15, 0.2) is 23.3 Å². The maximum absolute atomic E-state index is 5.37. The van der Waals surface area contributed by atoms with E-state index in [4.69, 9.17) is 19.8 Å². The number of aryl methyl sites for hydroxylation is 1. The molecule has 3 aromatic carbocycles. The number of fused-ring (bicyclic) bond motifs is 4. The quantitative estimate of drug-likeness (QED) is 0.241. The Morgan fingerprint density at radius 1 is 0.837 bits per heavy atom. The molecule has 2 aromatic heterocycles. The van der Waals surface area contributed by atoms with E-state index >= 15 is 0 Å². The number of pyridine rings is 1. The Labute approximate surface area is 251 Å². The van der Waals surface area contributed by atoms with E-state index < -0.39 is 0 Å². The standard InChI is InChI=1S/C35H33N7O/c1-22-30-31(23-13-15-24(16-14-23)35(2,3)4)41-28-11-7-6-10-27(28)38-32(37-25-17-19-26(43-5)20-18-25)34(41)39-33(30)42(40-22)29-12-8-9-21-36-29/h6-21,31H,1-5H3,(H,37,38). The lowest BCUT2D eigenvalue weighted by molar-refractivity contribution is 0.415. The van der Waals surface area contributed by atoms with E-state index in [2.05, 4.69) is 73.2 Å². The third-order valence-corrected chi connectivity index (χ3v) is 7.95. The number of anilines is 2. The van der Waals surface area contributed by atoms with E-state index in [0.29, 0.717) is 17.5 Å². The lowest BCUT2D eigenvalue weighted by atomic mass is 9.85. The summed E-state index contributed by atoms with van der Waals surface area (Å²) in [6.07, 6.45) is 1.78. The van der Waals surface area contributed by atoms with Gasteiger partial charge in [0.2, 0.25) is 0 Å². The second kappa shape index (κ2) is 10.2. The van der Waals surface area contributed by atoms with Gasteiger partial charge in [-0.25, -0.2) is 15.0 Å². The Hall–Kier alpha value is -5.24. The number of methoxy groups -OCH3 is 1. The summed E-state index contributed by atoms with van der Waals surface area (Å²) in [5, 5.41) is 8.53. The molecule has 1 unspecified atom stereocenters. The van der Waals surface area contributed by atoms with Crippen molar-refractivity contribution in [1.29, 1.82) is 0 Å². The van der Waals surface area contributed by atoms with Gasteiger partial charge >= 0.3 is 0 Å². The van der Waals surface area contributed by atoms with Crippen molar-refractivity contribution in [3.63, 3.8) is 0 Å². The topological polar surface area (TPSA) is 79.9 Å². The van der Waals surface area contributed by atoms with Crippen LogP contribution in [0.15, 0.2) is 107 Å². The summed E-state index contributed by atoms with van der Waals surface area (Å²) < 4.78 is 7.22. The van der Waals surface area contributed by atoms with E-state index in [0.717, 1.165) is 45.5 Å². The van der Waals surface area contributed by atoms with Gasteiger partial charge < -0.3 is 15.0 Å². The molecule has 0 saturated carbocycles. The molecular weight excluding hydrogens is 534 g/mol. The minimum Gasteiger partial charge on any atom is -0.497 e. The molecule has 0 fully saturated rings. The van der Waals surface area contributed by atoms with Crippen LogP contribution >= 0.6 is 0 Å². The van der Waals surface area contributed by atoms with Gasteiger partial charge in [0, 0.05) is 17.4 Å². The van der Waals surface area contributed by atoms with Crippen molar-refractivity contribution >= 4 is 34.6 Å². The number of aliphatic imine (C=N–C) groups is 2. The summed E-state index contributed by atoms with van der Waals surface area (Å²) in [5.74, 6) is 3.61. The van der Waals surface area contributed by atoms with Crippen LogP contribution in [0.1, 0.15) is 49.2 Å². The van der Waals surface area contributed by atoms with Crippen LogP contribution in [-0.4, -0.2) is 33.5 Å². The van der Waals surface area contributed by atoms with Crippen LogP contribution in [-0.2, 0) is 5.41 Å². The van der Waals surface area contributed by atoms with Crippen LogP contribution < -0.4 is 15.0 Å². The van der Waals surface area contributed by atoms with Gasteiger partial charge in [-0.15, -0.1) is 0 Å². The first-order valence-electron chi connectivity index (χ1n) is 14.4.